The fraction of sp³-hybridized carbons (Fsp3) is 0.500. The van der Waals surface area contributed by atoms with Crippen LogP contribution in [0.5, 0.6) is 0 Å². The van der Waals surface area contributed by atoms with Gasteiger partial charge in [-0.25, -0.2) is 4.39 Å². The Bertz CT molecular complexity index is 318. The van der Waals surface area contributed by atoms with Gasteiger partial charge in [-0.2, -0.15) is 0 Å². The molecule has 0 saturated carbocycles. The lowest BCUT2D eigenvalue weighted by Crippen LogP contribution is -2.22. The zero-order valence-electron chi connectivity index (χ0n) is 9.52. The third-order valence-corrected chi connectivity index (χ3v) is 2.85. The number of nitrogens with one attached hydrogen (secondary N) is 2. The van der Waals surface area contributed by atoms with E-state index in [0.29, 0.717) is 0 Å². The normalized spacial score (nSPS) is 10.7. The predicted molar refractivity (Wildman–Crippen MR) is 69.2 cm³/mol. The van der Waals surface area contributed by atoms with Crippen molar-refractivity contribution in [2.24, 2.45) is 0 Å². The van der Waals surface area contributed by atoms with Crippen LogP contribution in [0.3, 0.4) is 0 Å². The molecule has 0 heterocycles. The first-order chi connectivity index (χ1) is 7.74. The van der Waals surface area contributed by atoms with Gasteiger partial charge in [-0.05, 0) is 63.3 Å². The van der Waals surface area contributed by atoms with E-state index in [4.69, 9.17) is 0 Å². The van der Waals surface area contributed by atoms with E-state index in [0.717, 1.165) is 42.5 Å². The van der Waals surface area contributed by atoms with Crippen LogP contribution in [-0.4, -0.2) is 26.7 Å². The maximum atomic E-state index is 13.3. The maximum Gasteiger partial charge on any atom is 0.126 e. The van der Waals surface area contributed by atoms with Crippen molar-refractivity contribution in [3.8, 4) is 0 Å². The first-order valence-electron chi connectivity index (χ1n) is 5.53. The van der Waals surface area contributed by atoms with E-state index in [2.05, 4.69) is 26.6 Å². The smallest absolute Gasteiger partial charge is 0.126 e. The molecule has 0 amide bonds. The van der Waals surface area contributed by atoms with Crippen LogP contribution in [0.4, 0.5) is 4.39 Å². The van der Waals surface area contributed by atoms with Gasteiger partial charge in [0, 0.05) is 4.47 Å². The van der Waals surface area contributed by atoms with Crippen LogP contribution in [-0.2, 0) is 6.42 Å². The van der Waals surface area contributed by atoms with E-state index in [9.17, 15) is 4.39 Å². The van der Waals surface area contributed by atoms with Crippen molar-refractivity contribution in [2.45, 2.75) is 12.8 Å². The highest BCUT2D eigenvalue weighted by atomic mass is 79.9. The van der Waals surface area contributed by atoms with Crippen molar-refractivity contribution in [2.75, 3.05) is 26.7 Å². The van der Waals surface area contributed by atoms with Crippen molar-refractivity contribution in [1.82, 2.24) is 10.6 Å². The van der Waals surface area contributed by atoms with E-state index < -0.39 is 0 Å². The first-order valence-corrected chi connectivity index (χ1v) is 6.32. The third kappa shape index (κ3) is 5.05. The molecule has 0 aromatic heterocycles. The summed E-state index contributed by atoms with van der Waals surface area (Å²) in [6, 6.07) is 5.06. The highest BCUT2D eigenvalue weighted by Crippen LogP contribution is 2.15. The molecule has 90 valence electrons. The Labute approximate surface area is 105 Å². The molecule has 0 atom stereocenters. The Morgan fingerprint density at radius 2 is 2.06 bits per heavy atom. The Kier molecular flexibility index (Phi) is 6.61. The monoisotopic (exact) mass is 288 g/mol. The number of hydrogen-bond acceptors (Lipinski definition) is 2. The van der Waals surface area contributed by atoms with Gasteiger partial charge in [-0.3, -0.25) is 0 Å². The molecule has 1 rings (SSSR count). The van der Waals surface area contributed by atoms with Gasteiger partial charge >= 0.3 is 0 Å². The number of hydrogen-bond donors (Lipinski definition) is 2. The lowest BCUT2D eigenvalue weighted by atomic mass is 10.1. The SMILES string of the molecule is CNCCCNCCc1cc(Br)ccc1F. The van der Waals surface area contributed by atoms with Crippen molar-refractivity contribution in [3.63, 3.8) is 0 Å². The summed E-state index contributed by atoms with van der Waals surface area (Å²) in [7, 11) is 1.94. The van der Waals surface area contributed by atoms with E-state index in [-0.39, 0.29) is 5.82 Å². The maximum absolute atomic E-state index is 13.3. The lowest BCUT2D eigenvalue weighted by Gasteiger charge is -2.06. The molecule has 0 saturated heterocycles. The summed E-state index contributed by atoms with van der Waals surface area (Å²) < 4.78 is 14.3. The molecule has 16 heavy (non-hydrogen) atoms. The summed E-state index contributed by atoms with van der Waals surface area (Å²) in [4.78, 5) is 0. The van der Waals surface area contributed by atoms with Crippen LogP contribution >= 0.6 is 15.9 Å². The molecule has 1 aromatic rings. The standard InChI is InChI=1S/C12H18BrFN2/c1-15-6-2-7-16-8-5-10-9-11(13)3-4-12(10)14/h3-4,9,15-16H,2,5-8H2,1H3. The van der Waals surface area contributed by atoms with Crippen molar-refractivity contribution < 1.29 is 4.39 Å². The molecular formula is C12H18BrFN2. The minimum Gasteiger partial charge on any atom is -0.320 e. The predicted octanol–water partition coefficient (Wildman–Crippen LogP) is 2.33. The van der Waals surface area contributed by atoms with Crippen LogP contribution in [0.2, 0.25) is 0 Å². The Balaban J connectivity index is 2.23. The van der Waals surface area contributed by atoms with E-state index in [1.807, 2.05) is 13.1 Å². The topological polar surface area (TPSA) is 24.1 Å². The van der Waals surface area contributed by atoms with Crippen LogP contribution < -0.4 is 10.6 Å². The Morgan fingerprint density at radius 1 is 1.25 bits per heavy atom. The number of halogens is 2. The van der Waals surface area contributed by atoms with Crippen LogP contribution in [0.25, 0.3) is 0 Å². The zero-order valence-corrected chi connectivity index (χ0v) is 11.1. The zero-order chi connectivity index (χ0) is 11.8. The van der Waals surface area contributed by atoms with Crippen molar-refractivity contribution >= 4 is 15.9 Å². The Morgan fingerprint density at radius 3 is 2.81 bits per heavy atom. The van der Waals surface area contributed by atoms with E-state index >= 15 is 0 Å². The fourth-order valence-corrected chi connectivity index (χ4v) is 1.88. The molecule has 2 N–H and O–H groups in total. The molecule has 0 radical (unpaired) electrons. The van der Waals surface area contributed by atoms with Gasteiger partial charge < -0.3 is 10.6 Å². The van der Waals surface area contributed by atoms with E-state index in [1.165, 1.54) is 6.07 Å². The van der Waals surface area contributed by atoms with Gasteiger partial charge in [0.05, 0.1) is 0 Å². The minimum atomic E-state index is -0.125. The van der Waals surface area contributed by atoms with Gasteiger partial charge in [0.15, 0.2) is 0 Å². The van der Waals surface area contributed by atoms with Gasteiger partial charge in [0.1, 0.15) is 5.82 Å². The minimum absolute atomic E-state index is 0.125. The van der Waals surface area contributed by atoms with Gasteiger partial charge in [-0.1, -0.05) is 15.9 Å². The highest BCUT2D eigenvalue weighted by Gasteiger charge is 2.01. The second-order valence-electron chi connectivity index (χ2n) is 3.69. The fourth-order valence-electron chi connectivity index (χ4n) is 1.47. The molecule has 1 aromatic carbocycles. The summed E-state index contributed by atoms with van der Waals surface area (Å²) in [5.74, 6) is -0.125. The summed E-state index contributed by atoms with van der Waals surface area (Å²) in [6.45, 7) is 2.80. The molecule has 4 heteroatoms. The molecule has 0 bridgehead atoms. The average molecular weight is 289 g/mol. The average Bonchev–Trinajstić information content (AvgIpc) is 2.28. The highest BCUT2D eigenvalue weighted by molar-refractivity contribution is 9.10. The van der Waals surface area contributed by atoms with Crippen LogP contribution in [0.15, 0.2) is 22.7 Å². The largest absolute Gasteiger partial charge is 0.320 e. The number of rotatable bonds is 7. The second-order valence-corrected chi connectivity index (χ2v) is 4.61. The van der Waals surface area contributed by atoms with E-state index in [1.54, 1.807) is 6.07 Å². The molecule has 0 aliphatic heterocycles. The molecule has 0 aliphatic rings. The van der Waals surface area contributed by atoms with Gasteiger partial charge in [-0.15, -0.1) is 0 Å². The van der Waals surface area contributed by atoms with Crippen molar-refractivity contribution in [1.29, 1.82) is 0 Å². The van der Waals surface area contributed by atoms with Gasteiger partial charge in [0.2, 0.25) is 0 Å². The second kappa shape index (κ2) is 7.76. The summed E-state index contributed by atoms with van der Waals surface area (Å²) >= 11 is 3.34. The third-order valence-electron chi connectivity index (χ3n) is 2.36. The summed E-state index contributed by atoms with van der Waals surface area (Å²) in [6.07, 6.45) is 1.82. The van der Waals surface area contributed by atoms with Crippen molar-refractivity contribution in [3.05, 3.63) is 34.1 Å². The van der Waals surface area contributed by atoms with Crippen LogP contribution in [0, 0.1) is 5.82 Å². The quantitative estimate of drug-likeness (QED) is 0.753. The Hall–Kier alpha value is -0.450. The van der Waals surface area contributed by atoms with Crippen LogP contribution in [0.1, 0.15) is 12.0 Å². The summed E-state index contributed by atoms with van der Waals surface area (Å²) in [5.41, 5.74) is 0.760. The number of benzene rings is 1. The first kappa shape index (κ1) is 13.6. The molecule has 0 unspecified atom stereocenters. The molecule has 0 spiro atoms. The molecule has 0 fully saturated rings. The summed E-state index contributed by atoms with van der Waals surface area (Å²) in [5, 5.41) is 6.38. The molecule has 0 aliphatic carbocycles. The molecule has 2 nitrogen and oxygen atoms in total. The molecular weight excluding hydrogens is 271 g/mol. The van der Waals surface area contributed by atoms with Gasteiger partial charge in [0.25, 0.3) is 0 Å². The lowest BCUT2D eigenvalue weighted by molar-refractivity contribution is 0.588.